The fraction of sp³-hybridized carbons (Fsp3) is 0.375. The van der Waals surface area contributed by atoms with E-state index < -0.39 is 0 Å². The number of nitrogens with zero attached hydrogens (tertiary/aromatic N) is 1. The third-order valence-corrected chi connectivity index (χ3v) is 5.60. The third kappa shape index (κ3) is 5.38. The zero-order valence-corrected chi connectivity index (χ0v) is 17.7. The Kier molecular flexibility index (Phi) is 6.89. The third-order valence-electron chi connectivity index (χ3n) is 5.60. The number of nitrogens with one attached hydrogen (secondary N) is 1. The summed E-state index contributed by atoms with van der Waals surface area (Å²) in [5, 5.41) is 2.59. The number of carbonyl (C=O) groups excluding carboxylic acids is 3. The molecule has 2 amide bonds. The lowest BCUT2D eigenvalue weighted by Crippen LogP contribution is -2.45. The van der Waals surface area contributed by atoms with E-state index in [0.717, 1.165) is 0 Å². The Morgan fingerprint density at radius 1 is 0.969 bits per heavy atom. The monoisotopic (exact) mass is 438 g/mol. The second-order valence-corrected chi connectivity index (χ2v) is 7.76. The molecule has 0 saturated carbocycles. The smallest absolute Gasteiger partial charge is 0.258 e. The Labute approximate surface area is 186 Å². The Morgan fingerprint density at radius 3 is 2.44 bits per heavy atom. The number of Topliss-reactive ketones (excluding diaryl/α,β-unsaturated/α-hetero) is 1. The van der Waals surface area contributed by atoms with E-state index in [1.165, 1.54) is 0 Å². The molecule has 0 aliphatic carbocycles. The quantitative estimate of drug-likeness (QED) is 0.666. The molecule has 2 heterocycles. The minimum atomic E-state index is -0.356. The van der Waals surface area contributed by atoms with Gasteiger partial charge in [-0.3, -0.25) is 14.4 Å². The lowest BCUT2D eigenvalue weighted by molar-refractivity contribution is -0.134. The van der Waals surface area contributed by atoms with Crippen molar-refractivity contribution in [3.63, 3.8) is 0 Å². The van der Waals surface area contributed by atoms with Crippen LogP contribution in [0.3, 0.4) is 0 Å². The van der Waals surface area contributed by atoms with Crippen LogP contribution in [-0.4, -0.2) is 62.0 Å². The van der Waals surface area contributed by atoms with Gasteiger partial charge in [0.2, 0.25) is 5.91 Å². The summed E-state index contributed by atoms with van der Waals surface area (Å²) in [6, 6.07) is 14.3. The van der Waals surface area contributed by atoms with Gasteiger partial charge >= 0.3 is 0 Å². The van der Waals surface area contributed by atoms with Gasteiger partial charge in [-0.2, -0.15) is 0 Å². The fourth-order valence-electron chi connectivity index (χ4n) is 3.83. The molecule has 1 fully saturated rings. The van der Waals surface area contributed by atoms with Crippen LogP contribution in [0.5, 0.6) is 17.2 Å². The lowest BCUT2D eigenvalue weighted by Gasteiger charge is -2.31. The predicted octanol–water partition coefficient (Wildman–Crippen LogP) is 2.07. The molecular formula is C24H26N2O6. The summed E-state index contributed by atoms with van der Waals surface area (Å²) in [7, 11) is 0. The van der Waals surface area contributed by atoms with Crippen LogP contribution < -0.4 is 19.5 Å². The van der Waals surface area contributed by atoms with Crippen LogP contribution in [0, 0.1) is 5.92 Å². The SMILES string of the molecule is O=C(COc1ccccc1)NCC(=O)N1CCC(C(=O)c2ccc3c(c2)OCCO3)CC1. The van der Waals surface area contributed by atoms with Gasteiger partial charge in [0.25, 0.3) is 5.91 Å². The number of rotatable bonds is 7. The molecule has 0 radical (unpaired) electrons. The van der Waals surface area contributed by atoms with E-state index in [9.17, 15) is 14.4 Å². The fourth-order valence-corrected chi connectivity index (χ4v) is 3.83. The van der Waals surface area contributed by atoms with E-state index in [1.807, 2.05) is 18.2 Å². The molecule has 2 aliphatic rings. The highest BCUT2D eigenvalue weighted by Crippen LogP contribution is 2.32. The van der Waals surface area contributed by atoms with E-state index in [4.69, 9.17) is 14.2 Å². The summed E-state index contributed by atoms with van der Waals surface area (Å²) in [5.41, 5.74) is 0.602. The van der Waals surface area contributed by atoms with Crippen molar-refractivity contribution in [3.05, 3.63) is 54.1 Å². The van der Waals surface area contributed by atoms with Gasteiger partial charge in [-0.15, -0.1) is 0 Å². The summed E-state index contributed by atoms with van der Waals surface area (Å²) in [4.78, 5) is 39.0. The molecule has 0 spiro atoms. The number of hydrogen-bond donors (Lipinski definition) is 1. The zero-order chi connectivity index (χ0) is 22.3. The topological polar surface area (TPSA) is 94.2 Å². The number of hydrogen-bond acceptors (Lipinski definition) is 6. The van der Waals surface area contributed by atoms with Gasteiger partial charge in [0.15, 0.2) is 23.9 Å². The molecule has 8 heteroatoms. The highest BCUT2D eigenvalue weighted by molar-refractivity contribution is 5.98. The van der Waals surface area contributed by atoms with E-state index in [2.05, 4.69) is 5.32 Å². The van der Waals surface area contributed by atoms with Crippen molar-refractivity contribution in [2.75, 3.05) is 39.5 Å². The Balaban J connectivity index is 1.20. The van der Waals surface area contributed by atoms with Gasteiger partial charge in [-0.25, -0.2) is 0 Å². The Hall–Kier alpha value is -3.55. The maximum atomic E-state index is 12.9. The minimum Gasteiger partial charge on any atom is -0.486 e. The molecule has 0 atom stereocenters. The van der Waals surface area contributed by atoms with Crippen LogP contribution in [0.2, 0.25) is 0 Å². The molecule has 2 aromatic carbocycles. The van der Waals surface area contributed by atoms with Crippen LogP contribution in [0.25, 0.3) is 0 Å². The normalized spacial score (nSPS) is 15.7. The average molecular weight is 438 g/mol. The first kappa shape index (κ1) is 21.7. The number of carbonyl (C=O) groups is 3. The minimum absolute atomic E-state index is 0.0560. The summed E-state index contributed by atoms with van der Waals surface area (Å²) in [6.45, 7) is 1.71. The lowest BCUT2D eigenvalue weighted by atomic mass is 9.88. The average Bonchev–Trinajstić information content (AvgIpc) is 2.86. The molecule has 4 rings (SSSR count). The van der Waals surface area contributed by atoms with Gasteiger partial charge < -0.3 is 24.4 Å². The second kappa shape index (κ2) is 10.2. The number of benzene rings is 2. The number of likely N-dealkylation sites (tertiary alicyclic amines) is 1. The summed E-state index contributed by atoms with van der Waals surface area (Å²) in [5.74, 6) is 1.25. The van der Waals surface area contributed by atoms with Crippen molar-refractivity contribution in [2.24, 2.45) is 5.92 Å². The first-order chi connectivity index (χ1) is 15.6. The molecule has 168 valence electrons. The van der Waals surface area contributed by atoms with E-state index >= 15 is 0 Å². The number of fused-ring (bicyclic) bond motifs is 1. The molecule has 1 N–H and O–H groups in total. The van der Waals surface area contributed by atoms with Crippen LogP contribution in [0.4, 0.5) is 0 Å². The van der Waals surface area contributed by atoms with Crippen LogP contribution in [0.1, 0.15) is 23.2 Å². The largest absolute Gasteiger partial charge is 0.486 e. The standard InChI is InChI=1S/C24H26N2O6/c27-22(16-32-19-4-2-1-3-5-19)25-15-23(28)26-10-8-17(9-11-26)24(29)18-6-7-20-21(14-18)31-13-12-30-20/h1-7,14,17H,8-13,15-16H2,(H,25,27). The van der Waals surface area contributed by atoms with Gasteiger partial charge in [0.05, 0.1) is 6.54 Å². The van der Waals surface area contributed by atoms with Crippen molar-refractivity contribution in [1.29, 1.82) is 0 Å². The van der Waals surface area contributed by atoms with E-state index in [-0.39, 0.29) is 36.7 Å². The summed E-state index contributed by atoms with van der Waals surface area (Å²) >= 11 is 0. The van der Waals surface area contributed by atoms with E-state index in [0.29, 0.717) is 62.0 Å². The number of piperidine rings is 1. The molecule has 32 heavy (non-hydrogen) atoms. The van der Waals surface area contributed by atoms with Crippen molar-refractivity contribution >= 4 is 17.6 Å². The van der Waals surface area contributed by atoms with Gasteiger partial charge in [-0.1, -0.05) is 18.2 Å². The van der Waals surface area contributed by atoms with Gasteiger partial charge in [0.1, 0.15) is 19.0 Å². The molecule has 0 bridgehead atoms. The zero-order valence-electron chi connectivity index (χ0n) is 17.7. The summed E-state index contributed by atoms with van der Waals surface area (Å²) < 4.78 is 16.4. The Bertz CT molecular complexity index is 970. The maximum absolute atomic E-state index is 12.9. The number of amides is 2. The predicted molar refractivity (Wildman–Crippen MR) is 116 cm³/mol. The highest BCUT2D eigenvalue weighted by atomic mass is 16.6. The number of ether oxygens (including phenoxy) is 3. The molecule has 0 unspecified atom stereocenters. The van der Waals surface area contributed by atoms with Gasteiger partial charge in [-0.05, 0) is 43.2 Å². The molecule has 2 aliphatic heterocycles. The van der Waals surface area contributed by atoms with Crippen LogP contribution in [-0.2, 0) is 9.59 Å². The number of para-hydroxylation sites is 1. The number of ketones is 1. The molecule has 0 aromatic heterocycles. The van der Waals surface area contributed by atoms with Crippen LogP contribution in [0.15, 0.2) is 48.5 Å². The van der Waals surface area contributed by atoms with Crippen LogP contribution >= 0.6 is 0 Å². The van der Waals surface area contributed by atoms with Crippen molar-refractivity contribution in [1.82, 2.24) is 10.2 Å². The van der Waals surface area contributed by atoms with Gasteiger partial charge in [0, 0.05) is 24.6 Å². The maximum Gasteiger partial charge on any atom is 0.258 e. The summed E-state index contributed by atoms with van der Waals surface area (Å²) in [6.07, 6.45) is 1.17. The molecular weight excluding hydrogens is 412 g/mol. The van der Waals surface area contributed by atoms with Crippen molar-refractivity contribution in [3.8, 4) is 17.2 Å². The highest BCUT2D eigenvalue weighted by Gasteiger charge is 2.28. The molecule has 1 saturated heterocycles. The first-order valence-corrected chi connectivity index (χ1v) is 10.8. The Morgan fingerprint density at radius 2 is 1.69 bits per heavy atom. The van der Waals surface area contributed by atoms with Crippen molar-refractivity contribution in [2.45, 2.75) is 12.8 Å². The van der Waals surface area contributed by atoms with Crippen molar-refractivity contribution < 1.29 is 28.6 Å². The first-order valence-electron chi connectivity index (χ1n) is 10.8. The second-order valence-electron chi connectivity index (χ2n) is 7.76. The molecule has 2 aromatic rings. The molecule has 8 nitrogen and oxygen atoms in total. The van der Waals surface area contributed by atoms with E-state index in [1.54, 1.807) is 35.2 Å².